The summed E-state index contributed by atoms with van der Waals surface area (Å²) in [7, 11) is 3.12. The molecule has 0 saturated carbocycles. The van der Waals surface area contributed by atoms with E-state index in [0.29, 0.717) is 108 Å². The van der Waals surface area contributed by atoms with Crippen LogP contribution < -0.4 is 40.6 Å². The van der Waals surface area contributed by atoms with Gasteiger partial charge in [0.15, 0.2) is 23.0 Å². The quantitative estimate of drug-likeness (QED) is 0.0673. The maximum Gasteiger partial charge on any atom is 0.407 e. The number of carbonyl (C=O) groups is 1. The molecule has 6 heterocycles. The van der Waals surface area contributed by atoms with Gasteiger partial charge in [-0.1, -0.05) is 0 Å². The number of aromatic nitrogens is 10. The molecule has 0 spiro atoms. The first kappa shape index (κ1) is 44.0. The van der Waals surface area contributed by atoms with Crippen molar-refractivity contribution < 1.29 is 28.5 Å². The molecule has 0 fully saturated rings. The Labute approximate surface area is 350 Å². The first-order valence-corrected chi connectivity index (χ1v) is 18.6. The van der Waals surface area contributed by atoms with Gasteiger partial charge in [-0.15, -0.1) is 0 Å². The summed E-state index contributed by atoms with van der Waals surface area (Å²) in [6.07, 6.45) is 9.62. The van der Waals surface area contributed by atoms with E-state index < -0.39 is 11.7 Å². The van der Waals surface area contributed by atoms with Gasteiger partial charge in [0.2, 0.25) is 11.8 Å². The Balaban J connectivity index is 0.000000237. The van der Waals surface area contributed by atoms with Gasteiger partial charge >= 0.3 is 6.09 Å². The SMILES string of the molecule is COc1ccnc(OCCCN)c1-c1cc(Nc2cnc(C#N)cn2)n[nH]1.COc1ccnc(OCCCNC(=O)OC(C)(C)C)c1-c1cc(Nc2cnc(C#N)cn2)n[nH]1. The summed E-state index contributed by atoms with van der Waals surface area (Å²) in [5, 5.41) is 40.6. The van der Waals surface area contributed by atoms with E-state index in [1.165, 1.54) is 24.8 Å². The van der Waals surface area contributed by atoms with Crippen LogP contribution in [0.4, 0.5) is 28.1 Å². The average molecular weight is 833 g/mol. The fourth-order valence-electron chi connectivity index (χ4n) is 5.10. The molecule has 6 aromatic rings. The number of alkyl carbamates (subject to hydrolysis) is 1. The number of anilines is 4. The van der Waals surface area contributed by atoms with Gasteiger partial charge in [-0.3, -0.25) is 10.2 Å². The summed E-state index contributed by atoms with van der Waals surface area (Å²) in [4.78, 5) is 36.5. The van der Waals surface area contributed by atoms with Crippen LogP contribution >= 0.6 is 0 Å². The van der Waals surface area contributed by atoms with Crippen molar-refractivity contribution in [2.45, 2.75) is 39.2 Å². The number of H-pyrrole nitrogens is 2. The molecule has 0 saturated heterocycles. The lowest BCUT2D eigenvalue weighted by Crippen LogP contribution is -2.33. The largest absolute Gasteiger partial charge is 0.496 e. The van der Waals surface area contributed by atoms with Crippen LogP contribution in [0.5, 0.6) is 23.3 Å². The topological polar surface area (TPSA) is 308 Å². The maximum absolute atomic E-state index is 11.7. The van der Waals surface area contributed by atoms with Crippen LogP contribution in [0.2, 0.25) is 0 Å². The van der Waals surface area contributed by atoms with Gasteiger partial charge in [0.1, 0.15) is 52.0 Å². The van der Waals surface area contributed by atoms with Crippen LogP contribution in [0.1, 0.15) is 45.0 Å². The highest BCUT2D eigenvalue weighted by Gasteiger charge is 2.20. The fourth-order valence-corrected chi connectivity index (χ4v) is 5.10. The predicted molar refractivity (Wildman–Crippen MR) is 220 cm³/mol. The minimum Gasteiger partial charge on any atom is -0.496 e. The smallest absolute Gasteiger partial charge is 0.407 e. The van der Waals surface area contributed by atoms with Crippen molar-refractivity contribution in [1.82, 2.24) is 55.6 Å². The van der Waals surface area contributed by atoms with E-state index in [1.807, 2.05) is 12.1 Å². The Morgan fingerprint density at radius 3 is 1.62 bits per heavy atom. The van der Waals surface area contributed by atoms with E-state index in [0.717, 1.165) is 0 Å². The lowest BCUT2D eigenvalue weighted by Gasteiger charge is -2.19. The van der Waals surface area contributed by atoms with Crippen LogP contribution in [-0.4, -0.2) is 103 Å². The highest BCUT2D eigenvalue weighted by Crippen LogP contribution is 2.38. The van der Waals surface area contributed by atoms with E-state index in [4.69, 9.17) is 39.9 Å². The zero-order valence-electron chi connectivity index (χ0n) is 34.0. The van der Waals surface area contributed by atoms with Gasteiger partial charge in [-0.05, 0) is 52.3 Å². The number of amides is 1. The number of nitrogens with one attached hydrogen (secondary N) is 5. The molecule has 0 unspecified atom stereocenters. The van der Waals surface area contributed by atoms with Crippen LogP contribution in [0.3, 0.4) is 0 Å². The van der Waals surface area contributed by atoms with Crippen LogP contribution in [0.25, 0.3) is 22.5 Å². The minimum atomic E-state index is -0.551. The number of ether oxygens (including phenoxy) is 5. The summed E-state index contributed by atoms with van der Waals surface area (Å²) in [6.45, 7) is 7.09. The summed E-state index contributed by atoms with van der Waals surface area (Å²) >= 11 is 0. The summed E-state index contributed by atoms with van der Waals surface area (Å²) in [6, 6.07) is 10.8. The van der Waals surface area contributed by atoms with Gasteiger partial charge in [0, 0.05) is 31.1 Å². The molecule has 1 amide bonds. The van der Waals surface area contributed by atoms with Gasteiger partial charge < -0.3 is 45.4 Å². The normalized spacial score (nSPS) is 10.6. The molecule has 61 heavy (non-hydrogen) atoms. The van der Waals surface area contributed by atoms with Crippen LogP contribution in [0.15, 0.2) is 61.4 Å². The van der Waals surface area contributed by atoms with Gasteiger partial charge in [-0.2, -0.15) is 20.7 Å². The number of hydrogen-bond donors (Lipinski definition) is 6. The summed E-state index contributed by atoms with van der Waals surface area (Å²) in [5.41, 5.74) is 7.94. The molecule has 0 aromatic carbocycles. The van der Waals surface area contributed by atoms with E-state index >= 15 is 0 Å². The summed E-state index contributed by atoms with van der Waals surface area (Å²) in [5.74, 6) is 3.82. The van der Waals surface area contributed by atoms with E-state index in [1.54, 1.807) is 71.6 Å². The second-order valence-electron chi connectivity index (χ2n) is 13.4. The number of nitrogens with zero attached hydrogens (tertiary/aromatic N) is 10. The molecule has 0 aliphatic rings. The Kier molecular flexibility index (Phi) is 15.6. The van der Waals surface area contributed by atoms with Gasteiger partial charge in [0.05, 0.1) is 63.6 Å². The minimum absolute atomic E-state index is 0.219. The van der Waals surface area contributed by atoms with Crippen molar-refractivity contribution in [1.29, 1.82) is 10.5 Å². The van der Waals surface area contributed by atoms with E-state index in [-0.39, 0.29) is 11.4 Å². The molecule has 6 rings (SSSR count). The number of hydrogen-bond acceptors (Lipinski definition) is 19. The van der Waals surface area contributed by atoms with Crippen LogP contribution in [-0.2, 0) is 4.74 Å². The average Bonchev–Trinajstić information content (AvgIpc) is 3.93. The highest BCUT2D eigenvalue weighted by atomic mass is 16.6. The maximum atomic E-state index is 11.7. The van der Waals surface area contributed by atoms with Gasteiger partial charge in [0.25, 0.3) is 0 Å². The number of carbonyl (C=O) groups excluding carboxylic acids is 1. The number of aromatic amines is 2. The van der Waals surface area contributed by atoms with Gasteiger partial charge in [-0.25, -0.2) is 34.7 Å². The first-order valence-electron chi connectivity index (χ1n) is 18.6. The molecule has 0 aliphatic carbocycles. The number of nitriles is 2. The third-order valence-corrected chi connectivity index (χ3v) is 7.75. The number of pyridine rings is 2. The monoisotopic (exact) mass is 832 g/mol. The van der Waals surface area contributed by atoms with E-state index in [9.17, 15) is 4.79 Å². The number of rotatable bonds is 17. The van der Waals surface area contributed by atoms with Crippen molar-refractivity contribution in [2.24, 2.45) is 5.73 Å². The second-order valence-corrected chi connectivity index (χ2v) is 13.4. The lowest BCUT2D eigenvalue weighted by atomic mass is 10.2. The molecule has 0 radical (unpaired) electrons. The molecule has 7 N–H and O–H groups in total. The third-order valence-electron chi connectivity index (χ3n) is 7.75. The Morgan fingerprint density at radius 1 is 0.721 bits per heavy atom. The van der Waals surface area contributed by atoms with Crippen molar-refractivity contribution >= 4 is 29.4 Å². The molecular formula is C39H44N16O6. The zero-order chi connectivity index (χ0) is 43.6. The second kappa shape index (κ2) is 21.6. The van der Waals surface area contributed by atoms with Crippen molar-refractivity contribution in [3.63, 3.8) is 0 Å². The molecule has 0 aliphatic heterocycles. The molecule has 22 nitrogen and oxygen atoms in total. The first-order chi connectivity index (χ1) is 29.5. The van der Waals surface area contributed by atoms with Crippen LogP contribution in [0, 0.1) is 22.7 Å². The fraction of sp³-hybridized carbons (Fsp3) is 0.308. The molecule has 316 valence electrons. The number of methoxy groups -OCH3 is 2. The zero-order valence-corrected chi connectivity index (χ0v) is 34.0. The Morgan fingerprint density at radius 2 is 1.21 bits per heavy atom. The Bertz CT molecular complexity index is 2420. The van der Waals surface area contributed by atoms with Crippen molar-refractivity contribution in [3.05, 3.63) is 72.8 Å². The molecule has 22 heteroatoms. The third kappa shape index (κ3) is 12.9. The standard InChI is InChI=1S/C22H26N8O4.C17H18N8O2/c1-22(2,3)34-21(31)25-7-5-9-33-20-19(16(32-4)6-8-24-20)15-10-17(30-29-15)28-18-13-26-14(11-23)12-27-18;1-26-13-3-5-20-17(27-6-2-4-18)16(13)12-7-14(25-24-12)23-15-10-21-11(8-19)9-22-15/h6,8,10,12-13H,5,7,9H2,1-4H3,(H,25,31)(H2,27,28,29,30);3,5,7,9-10H,2,4,6,18H2,1H3,(H2,22,23,24,25). The molecule has 0 atom stereocenters. The molecule has 0 bridgehead atoms. The molecular weight excluding hydrogens is 789 g/mol. The number of nitrogens with two attached hydrogens (primary N) is 1. The van der Waals surface area contributed by atoms with Crippen molar-refractivity contribution in [3.8, 4) is 57.9 Å². The lowest BCUT2D eigenvalue weighted by molar-refractivity contribution is 0.0525. The Hall–Kier alpha value is -8.11. The molecule has 6 aromatic heterocycles. The van der Waals surface area contributed by atoms with Crippen molar-refractivity contribution in [2.75, 3.05) is 51.2 Å². The predicted octanol–water partition coefficient (Wildman–Crippen LogP) is 4.79. The van der Waals surface area contributed by atoms with E-state index in [2.05, 4.69) is 66.2 Å². The highest BCUT2D eigenvalue weighted by molar-refractivity contribution is 5.76. The summed E-state index contributed by atoms with van der Waals surface area (Å²) < 4.78 is 27.7.